The van der Waals surface area contributed by atoms with Gasteiger partial charge in [-0.3, -0.25) is 4.79 Å². The Labute approximate surface area is 194 Å². The Bertz CT molecular complexity index is 1190. The number of rotatable bonds is 9. The molecule has 0 aliphatic carbocycles. The summed E-state index contributed by atoms with van der Waals surface area (Å²) in [5, 5.41) is 22.6. The SMILES string of the molecule is CC(C)Oc1ccc(C#CCCCC#N)cc1C(=O)NC(CO)Cc1c[nH]c2ccccc12. The van der Waals surface area contributed by atoms with E-state index in [0.29, 0.717) is 36.1 Å². The molecule has 3 N–H and O–H groups in total. The first-order valence-corrected chi connectivity index (χ1v) is 11.1. The third kappa shape index (κ3) is 6.62. The van der Waals surface area contributed by atoms with Gasteiger partial charge in [0.05, 0.1) is 30.4 Å². The van der Waals surface area contributed by atoms with E-state index in [1.165, 1.54) is 0 Å². The lowest BCUT2D eigenvalue weighted by atomic mass is 10.0. The Morgan fingerprint density at radius 1 is 1.21 bits per heavy atom. The van der Waals surface area contributed by atoms with Gasteiger partial charge in [0.2, 0.25) is 0 Å². The van der Waals surface area contributed by atoms with Gasteiger partial charge in [0.15, 0.2) is 0 Å². The van der Waals surface area contributed by atoms with Gasteiger partial charge in [-0.05, 0) is 56.5 Å². The smallest absolute Gasteiger partial charge is 0.255 e. The summed E-state index contributed by atoms with van der Waals surface area (Å²) >= 11 is 0. The number of H-pyrrole nitrogens is 1. The maximum atomic E-state index is 13.2. The van der Waals surface area contributed by atoms with Crippen molar-refractivity contribution in [1.29, 1.82) is 5.26 Å². The lowest BCUT2D eigenvalue weighted by Crippen LogP contribution is -2.39. The van der Waals surface area contributed by atoms with Crippen molar-refractivity contribution in [2.75, 3.05) is 6.61 Å². The Hall–Kier alpha value is -3.74. The van der Waals surface area contributed by atoms with Gasteiger partial charge < -0.3 is 20.1 Å². The number of hydrogen-bond acceptors (Lipinski definition) is 4. The second-order valence-electron chi connectivity index (χ2n) is 8.11. The zero-order valence-corrected chi connectivity index (χ0v) is 19.0. The Morgan fingerprint density at radius 3 is 2.79 bits per heavy atom. The predicted molar refractivity (Wildman–Crippen MR) is 129 cm³/mol. The normalized spacial score (nSPS) is 11.5. The highest BCUT2D eigenvalue weighted by Crippen LogP contribution is 2.23. The van der Waals surface area contributed by atoms with Gasteiger partial charge in [0.1, 0.15) is 5.75 Å². The minimum Gasteiger partial charge on any atom is -0.490 e. The molecule has 0 saturated carbocycles. The van der Waals surface area contributed by atoms with Crippen LogP contribution in [0.25, 0.3) is 10.9 Å². The Morgan fingerprint density at radius 2 is 2.03 bits per heavy atom. The van der Waals surface area contributed by atoms with Crippen LogP contribution in [0.2, 0.25) is 0 Å². The number of ether oxygens (including phenoxy) is 1. The van der Waals surface area contributed by atoms with Crippen LogP contribution in [0.3, 0.4) is 0 Å². The van der Waals surface area contributed by atoms with E-state index in [4.69, 9.17) is 10.00 Å². The molecule has 1 aromatic heterocycles. The van der Waals surface area contributed by atoms with Crippen LogP contribution < -0.4 is 10.1 Å². The molecule has 0 bridgehead atoms. The molecule has 1 amide bonds. The van der Waals surface area contributed by atoms with E-state index in [1.807, 2.05) is 50.4 Å². The number of unbranched alkanes of at least 4 members (excludes halogenated alkanes) is 2. The Balaban J connectivity index is 1.78. The van der Waals surface area contributed by atoms with Gasteiger partial charge >= 0.3 is 0 Å². The van der Waals surface area contributed by atoms with Crippen molar-refractivity contribution < 1.29 is 14.6 Å². The maximum absolute atomic E-state index is 13.2. The van der Waals surface area contributed by atoms with Crippen molar-refractivity contribution in [2.24, 2.45) is 0 Å². The number of hydrogen-bond donors (Lipinski definition) is 3. The zero-order valence-electron chi connectivity index (χ0n) is 19.0. The van der Waals surface area contributed by atoms with Crippen LogP contribution in [-0.2, 0) is 6.42 Å². The molecule has 6 heteroatoms. The molecule has 6 nitrogen and oxygen atoms in total. The second-order valence-corrected chi connectivity index (χ2v) is 8.11. The van der Waals surface area contributed by atoms with Gasteiger partial charge in [-0.1, -0.05) is 30.0 Å². The molecule has 1 unspecified atom stereocenters. The highest BCUT2D eigenvalue weighted by molar-refractivity contribution is 5.97. The van der Waals surface area contributed by atoms with Crippen LogP contribution in [0.15, 0.2) is 48.7 Å². The average Bonchev–Trinajstić information content (AvgIpc) is 3.21. The van der Waals surface area contributed by atoms with Crippen LogP contribution in [0.1, 0.15) is 54.6 Å². The van der Waals surface area contributed by atoms with Crippen LogP contribution in [-0.4, -0.2) is 34.8 Å². The number of nitrogens with zero attached hydrogens (tertiary/aromatic N) is 1. The minimum atomic E-state index is -0.454. The summed E-state index contributed by atoms with van der Waals surface area (Å²) in [6.07, 6.45) is 4.12. The van der Waals surface area contributed by atoms with Gasteiger partial charge in [-0.2, -0.15) is 5.26 Å². The van der Waals surface area contributed by atoms with Crippen LogP contribution in [0.4, 0.5) is 0 Å². The number of nitrogens with one attached hydrogen (secondary N) is 2. The van der Waals surface area contributed by atoms with Gasteiger partial charge in [0.25, 0.3) is 5.91 Å². The first-order valence-electron chi connectivity index (χ1n) is 11.1. The molecule has 3 aromatic rings. The third-order valence-electron chi connectivity index (χ3n) is 5.11. The number of aliphatic hydroxyl groups is 1. The summed E-state index contributed by atoms with van der Waals surface area (Å²) in [7, 11) is 0. The maximum Gasteiger partial charge on any atom is 0.255 e. The van der Waals surface area contributed by atoms with Gasteiger partial charge in [0, 0.05) is 35.5 Å². The van der Waals surface area contributed by atoms with Crippen LogP contribution in [0.5, 0.6) is 5.75 Å². The van der Waals surface area contributed by atoms with E-state index in [1.54, 1.807) is 12.1 Å². The van der Waals surface area contributed by atoms with E-state index in [0.717, 1.165) is 22.9 Å². The van der Waals surface area contributed by atoms with E-state index in [-0.39, 0.29) is 18.6 Å². The van der Waals surface area contributed by atoms with Gasteiger partial charge in [-0.25, -0.2) is 0 Å². The number of carbonyl (C=O) groups excluding carboxylic acids is 1. The van der Waals surface area contributed by atoms with E-state index in [2.05, 4.69) is 28.2 Å². The molecule has 33 heavy (non-hydrogen) atoms. The monoisotopic (exact) mass is 443 g/mol. The molecule has 170 valence electrons. The summed E-state index contributed by atoms with van der Waals surface area (Å²) in [4.78, 5) is 16.4. The molecular weight excluding hydrogens is 414 g/mol. The van der Waals surface area contributed by atoms with Crippen molar-refractivity contribution in [3.05, 3.63) is 65.4 Å². The summed E-state index contributed by atoms with van der Waals surface area (Å²) in [5.41, 5.74) is 3.13. The third-order valence-corrected chi connectivity index (χ3v) is 5.11. The fraction of sp³-hybridized carbons (Fsp3) is 0.333. The molecule has 0 radical (unpaired) electrons. The molecule has 0 fully saturated rings. The molecule has 3 rings (SSSR count). The highest BCUT2D eigenvalue weighted by atomic mass is 16.5. The molecule has 0 spiro atoms. The molecular formula is C27H29N3O3. The predicted octanol–water partition coefficient (Wildman–Crippen LogP) is 4.33. The number of para-hydroxylation sites is 1. The standard InChI is InChI=1S/C27H29N3O3/c1-19(2)33-26-13-12-20(9-5-3-4-8-14-28)15-24(26)27(32)30-22(18-31)16-21-17-29-25-11-7-6-10-23(21)25/h6-7,10-13,15,17,19,22,29,31H,3-4,8,16,18H2,1-2H3,(H,30,32). The number of amides is 1. The van der Waals surface area contributed by atoms with Crippen molar-refractivity contribution in [3.63, 3.8) is 0 Å². The molecule has 0 aliphatic rings. The second kappa shape index (κ2) is 11.8. The molecule has 1 atom stereocenters. The largest absolute Gasteiger partial charge is 0.490 e. The van der Waals surface area contributed by atoms with Crippen molar-refractivity contribution in [2.45, 2.75) is 51.7 Å². The van der Waals surface area contributed by atoms with Gasteiger partial charge in [-0.15, -0.1) is 0 Å². The number of aromatic amines is 1. The topological polar surface area (TPSA) is 98.1 Å². The number of aromatic nitrogens is 1. The summed E-state index contributed by atoms with van der Waals surface area (Å²) in [6, 6.07) is 14.9. The number of benzene rings is 2. The van der Waals surface area contributed by atoms with Crippen molar-refractivity contribution >= 4 is 16.8 Å². The van der Waals surface area contributed by atoms with Crippen molar-refractivity contribution in [3.8, 4) is 23.7 Å². The number of fused-ring (bicyclic) bond motifs is 1. The zero-order chi connectivity index (χ0) is 23.6. The Kier molecular flexibility index (Phi) is 8.52. The van der Waals surface area contributed by atoms with E-state index in [9.17, 15) is 9.90 Å². The molecule has 0 saturated heterocycles. The quantitative estimate of drug-likeness (QED) is 0.339. The van der Waals surface area contributed by atoms with Crippen molar-refractivity contribution in [1.82, 2.24) is 10.3 Å². The molecule has 0 aliphatic heterocycles. The number of aliphatic hydroxyl groups excluding tert-OH is 1. The lowest BCUT2D eigenvalue weighted by molar-refractivity contribution is 0.0910. The van der Waals surface area contributed by atoms with E-state index < -0.39 is 6.04 Å². The lowest BCUT2D eigenvalue weighted by Gasteiger charge is -2.19. The number of carbonyl (C=O) groups is 1. The fourth-order valence-corrected chi connectivity index (χ4v) is 3.55. The summed E-state index contributed by atoms with van der Waals surface area (Å²) < 4.78 is 5.85. The van der Waals surface area contributed by atoms with Crippen LogP contribution >= 0.6 is 0 Å². The summed E-state index contributed by atoms with van der Waals surface area (Å²) in [6.45, 7) is 3.61. The summed E-state index contributed by atoms with van der Waals surface area (Å²) in [5.74, 6) is 6.25. The number of nitriles is 1. The first-order chi connectivity index (χ1) is 16.0. The average molecular weight is 444 g/mol. The minimum absolute atomic E-state index is 0.0978. The first kappa shape index (κ1) is 23.9. The van der Waals surface area contributed by atoms with E-state index >= 15 is 0 Å². The molecule has 2 aromatic carbocycles. The van der Waals surface area contributed by atoms with Crippen LogP contribution in [0, 0.1) is 23.2 Å². The fourth-order valence-electron chi connectivity index (χ4n) is 3.55. The highest BCUT2D eigenvalue weighted by Gasteiger charge is 2.19. The molecule has 1 heterocycles.